The Kier molecular flexibility index (Phi) is 3.83. The van der Waals surface area contributed by atoms with Crippen LogP contribution in [0.2, 0.25) is 5.15 Å². The third-order valence-electron chi connectivity index (χ3n) is 2.09. The molecular formula is C10H7BrClN3O3. The molecule has 0 saturated carbocycles. The second-order valence-electron chi connectivity index (χ2n) is 3.34. The lowest BCUT2D eigenvalue weighted by Crippen LogP contribution is -1.99. The van der Waals surface area contributed by atoms with Crippen LogP contribution in [0.15, 0.2) is 33.3 Å². The normalized spacial score (nSPS) is 10.3. The summed E-state index contributed by atoms with van der Waals surface area (Å²) in [7, 11) is 0. The highest BCUT2D eigenvalue weighted by Crippen LogP contribution is 2.24. The first kappa shape index (κ1) is 12.8. The lowest BCUT2D eigenvalue weighted by atomic mass is 10.4. The van der Waals surface area contributed by atoms with Crippen LogP contribution in [0.5, 0.6) is 0 Å². The van der Waals surface area contributed by atoms with E-state index in [1.807, 2.05) is 0 Å². The summed E-state index contributed by atoms with van der Waals surface area (Å²) in [5, 5.41) is 13.7. The zero-order chi connectivity index (χ0) is 13.1. The Hall–Kier alpha value is -1.60. The minimum absolute atomic E-state index is 0.283. The Morgan fingerprint density at radius 2 is 2.33 bits per heavy atom. The summed E-state index contributed by atoms with van der Waals surface area (Å²) in [6, 6.07) is 4.59. The van der Waals surface area contributed by atoms with Gasteiger partial charge in [-0.1, -0.05) is 11.6 Å². The van der Waals surface area contributed by atoms with Crippen molar-refractivity contribution in [3.63, 3.8) is 0 Å². The van der Waals surface area contributed by atoms with E-state index < -0.39 is 4.92 Å². The van der Waals surface area contributed by atoms with Crippen molar-refractivity contribution in [2.45, 2.75) is 6.54 Å². The maximum Gasteiger partial charge on any atom is 0.433 e. The molecule has 0 saturated heterocycles. The van der Waals surface area contributed by atoms with E-state index >= 15 is 0 Å². The van der Waals surface area contributed by atoms with Gasteiger partial charge in [-0.2, -0.15) is 0 Å². The number of hydrogen-bond donors (Lipinski definition) is 1. The molecule has 0 atom stereocenters. The minimum atomic E-state index is -0.586. The zero-order valence-corrected chi connectivity index (χ0v) is 11.2. The number of furan rings is 1. The number of halogens is 2. The number of hydrogen-bond acceptors (Lipinski definition) is 5. The van der Waals surface area contributed by atoms with E-state index in [4.69, 9.17) is 16.0 Å². The summed E-state index contributed by atoms with van der Waals surface area (Å²) in [6.07, 6.45) is 1.57. The van der Waals surface area contributed by atoms with E-state index in [0.717, 1.165) is 4.47 Å². The molecule has 8 heteroatoms. The molecule has 18 heavy (non-hydrogen) atoms. The van der Waals surface area contributed by atoms with Gasteiger partial charge in [0.15, 0.2) is 5.15 Å². The van der Waals surface area contributed by atoms with Crippen LogP contribution in [0.1, 0.15) is 5.76 Å². The van der Waals surface area contributed by atoms with Gasteiger partial charge in [-0.05, 0) is 28.1 Å². The lowest BCUT2D eigenvalue weighted by Gasteiger charge is -2.05. The van der Waals surface area contributed by atoms with Crippen molar-refractivity contribution in [1.82, 2.24) is 4.98 Å². The summed E-state index contributed by atoms with van der Waals surface area (Å²) >= 11 is 9.16. The molecule has 6 nitrogen and oxygen atoms in total. The number of rotatable bonds is 4. The van der Waals surface area contributed by atoms with Crippen LogP contribution >= 0.6 is 27.5 Å². The van der Waals surface area contributed by atoms with Crippen molar-refractivity contribution in [3.05, 3.63) is 49.9 Å². The molecule has 0 spiro atoms. The first-order valence-corrected chi connectivity index (χ1v) is 6.01. The van der Waals surface area contributed by atoms with Crippen LogP contribution in [0.4, 0.5) is 11.6 Å². The van der Waals surface area contributed by atoms with E-state index in [2.05, 4.69) is 26.2 Å². The van der Waals surface area contributed by atoms with Crippen molar-refractivity contribution >= 4 is 39.1 Å². The molecule has 0 fully saturated rings. The van der Waals surface area contributed by atoms with Crippen molar-refractivity contribution in [2.24, 2.45) is 0 Å². The monoisotopic (exact) mass is 331 g/mol. The van der Waals surface area contributed by atoms with Crippen LogP contribution in [-0.2, 0) is 6.54 Å². The Morgan fingerprint density at radius 3 is 3.00 bits per heavy atom. The first-order valence-electron chi connectivity index (χ1n) is 4.84. The number of nitrogens with zero attached hydrogens (tertiary/aromatic N) is 2. The Bertz CT molecular complexity index is 587. The van der Waals surface area contributed by atoms with Crippen molar-refractivity contribution in [2.75, 3.05) is 5.32 Å². The SMILES string of the molecule is O=[N+]([O-])c1ccc(CNc2cc(Br)cnc2Cl)o1. The van der Waals surface area contributed by atoms with Crippen molar-refractivity contribution in [1.29, 1.82) is 0 Å². The van der Waals surface area contributed by atoms with Gasteiger partial charge in [0.1, 0.15) is 10.7 Å². The van der Waals surface area contributed by atoms with E-state index in [0.29, 0.717) is 16.6 Å². The predicted molar refractivity (Wildman–Crippen MR) is 69.6 cm³/mol. The second-order valence-corrected chi connectivity index (χ2v) is 4.62. The van der Waals surface area contributed by atoms with Gasteiger partial charge in [-0.3, -0.25) is 10.1 Å². The minimum Gasteiger partial charge on any atom is -0.404 e. The molecule has 2 aromatic heterocycles. The largest absolute Gasteiger partial charge is 0.433 e. The van der Waals surface area contributed by atoms with Gasteiger partial charge < -0.3 is 9.73 Å². The summed E-state index contributed by atoms with van der Waals surface area (Å²) in [5.74, 6) is 0.156. The fourth-order valence-electron chi connectivity index (χ4n) is 1.29. The highest BCUT2D eigenvalue weighted by Gasteiger charge is 2.12. The van der Waals surface area contributed by atoms with Crippen LogP contribution in [0.25, 0.3) is 0 Å². The molecule has 94 valence electrons. The molecule has 0 radical (unpaired) electrons. The molecule has 0 aliphatic heterocycles. The molecule has 0 bridgehead atoms. The van der Waals surface area contributed by atoms with Gasteiger partial charge in [-0.25, -0.2) is 4.98 Å². The molecule has 2 aromatic rings. The topological polar surface area (TPSA) is 81.2 Å². The zero-order valence-electron chi connectivity index (χ0n) is 8.89. The fraction of sp³-hybridized carbons (Fsp3) is 0.100. The summed E-state index contributed by atoms with van der Waals surface area (Å²) in [6.45, 7) is 0.283. The highest BCUT2D eigenvalue weighted by atomic mass is 79.9. The number of anilines is 1. The molecule has 1 N–H and O–H groups in total. The van der Waals surface area contributed by atoms with E-state index in [1.54, 1.807) is 12.3 Å². The Morgan fingerprint density at radius 1 is 1.56 bits per heavy atom. The predicted octanol–water partition coefficient (Wildman–Crippen LogP) is 3.61. The Labute approximate surface area is 115 Å². The molecule has 2 heterocycles. The van der Waals surface area contributed by atoms with Gasteiger partial charge in [-0.15, -0.1) is 0 Å². The van der Waals surface area contributed by atoms with Crippen LogP contribution in [0, 0.1) is 10.1 Å². The van der Waals surface area contributed by atoms with Gasteiger partial charge in [0.2, 0.25) is 0 Å². The Balaban J connectivity index is 2.06. The van der Waals surface area contributed by atoms with E-state index in [9.17, 15) is 10.1 Å². The molecule has 2 rings (SSSR count). The molecule has 0 amide bonds. The molecule has 0 aliphatic carbocycles. The second kappa shape index (κ2) is 5.36. The summed E-state index contributed by atoms with van der Waals surface area (Å²) in [4.78, 5) is 13.8. The van der Waals surface area contributed by atoms with Gasteiger partial charge >= 0.3 is 5.88 Å². The smallest absolute Gasteiger partial charge is 0.404 e. The van der Waals surface area contributed by atoms with Crippen molar-refractivity contribution < 1.29 is 9.34 Å². The quantitative estimate of drug-likeness (QED) is 0.525. The summed E-state index contributed by atoms with van der Waals surface area (Å²) < 4.78 is 5.78. The maximum atomic E-state index is 10.4. The standard InChI is InChI=1S/C10H7BrClN3O3/c11-6-3-8(10(12)14-4-6)13-5-7-1-2-9(18-7)15(16)17/h1-4,13H,5H2. The van der Waals surface area contributed by atoms with E-state index in [-0.39, 0.29) is 12.4 Å². The lowest BCUT2D eigenvalue weighted by molar-refractivity contribution is -0.402. The number of nitro groups is 1. The van der Waals surface area contributed by atoms with Gasteiger partial charge in [0, 0.05) is 10.7 Å². The highest BCUT2D eigenvalue weighted by molar-refractivity contribution is 9.10. The number of aromatic nitrogens is 1. The molecule has 0 aliphatic rings. The van der Waals surface area contributed by atoms with E-state index in [1.165, 1.54) is 12.1 Å². The average molecular weight is 333 g/mol. The third kappa shape index (κ3) is 2.99. The van der Waals surface area contributed by atoms with Gasteiger partial charge in [0.05, 0.1) is 18.3 Å². The van der Waals surface area contributed by atoms with Crippen LogP contribution < -0.4 is 5.32 Å². The average Bonchev–Trinajstić information content (AvgIpc) is 2.79. The number of pyridine rings is 1. The summed E-state index contributed by atoms with van der Waals surface area (Å²) in [5.41, 5.74) is 0.616. The molecule has 0 aromatic carbocycles. The van der Waals surface area contributed by atoms with Gasteiger partial charge in [0.25, 0.3) is 0 Å². The molecule has 0 unspecified atom stereocenters. The first-order chi connectivity index (χ1) is 8.56. The third-order valence-corrected chi connectivity index (χ3v) is 2.82. The maximum absolute atomic E-state index is 10.4. The van der Waals surface area contributed by atoms with Crippen LogP contribution in [-0.4, -0.2) is 9.91 Å². The molecular weight excluding hydrogens is 325 g/mol. The van der Waals surface area contributed by atoms with Crippen molar-refractivity contribution in [3.8, 4) is 0 Å². The van der Waals surface area contributed by atoms with Crippen LogP contribution in [0.3, 0.4) is 0 Å². The fourth-order valence-corrected chi connectivity index (χ4v) is 1.79. The number of nitrogens with one attached hydrogen (secondary N) is 1.